The van der Waals surface area contributed by atoms with E-state index in [1.54, 1.807) is 6.08 Å². The van der Waals surface area contributed by atoms with Gasteiger partial charge in [0.15, 0.2) is 0 Å². The number of esters is 2. The van der Waals surface area contributed by atoms with Crippen molar-refractivity contribution in [1.82, 2.24) is 0 Å². The molecule has 0 atom stereocenters. The second kappa shape index (κ2) is 3.36. The van der Waals surface area contributed by atoms with Gasteiger partial charge in [-0.05, 0) is 5.41 Å². The summed E-state index contributed by atoms with van der Waals surface area (Å²) >= 11 is 0. The van der Waals surface area contributed by atoms with Crippen LogP contribution in [0.2, 0.25) is 0 Å². The smallest absolute Gasteiger partial charge is 0.348 e. The molecule has 1 heterocycles. The predicted molar refractivity (Wildman–Crippen MR) is 53.8 cm³/mol. The molecule has 0 aliphatic carbocycles. The van der Waals surface area contributed by atoms with E-state index in [1.165, 1.54) is 13.8 Å². The SMILES string of the molecule is CC(C)(C)C=C1C(=O)OC(C)(C)OC1=O. The molecule has 4 heteroatoms. The molecule has 0 bridgehead atoms. The summed E-state index contributed by atoms with van der Waals surface area (Å²) in [5, 5.41) is 0. The van der Waals surface area contributed by atoms with Crippen LogP contribution < -0.4 is 0 Å². The van der Waals surface area contributed by atoms with Gasteiger partial charge in [-0.25, -0.2) is 9.59 Å². The summed E-state index contributed by atoms with van der Waals surface area (Å²) in [6.07, 6.45) is 1.56. The quantitative estimate of drug-likeness (QED) is 0.349. The topological polar surface area (TPSA) is 52.6 Å². The maximum atomic E-state index is 11.5. The van der Waals surface area contributed by atoms with Gasteiger partial charge in [0.05, 0.1) is 0 Å². The Morgan fingerprint density at radius 2 is 1.47 bits per heavy atom. The second-order valence-electron chi connectivity index (χ2n) is 5.10. The fourth-order valence-electron chi connectivity index (χ4n) is 1.21. The van der Waals surface area contributed by atoms with Gasteiger partial charge in [-0.15, -0.1) is 0 Å². The molecule has 0 spiro atoms. The molecule has 0 radical (unpaired) electrons. The molecule has 0 saturated carbocycles. The number of carbonyl (C=O) groups excluding carboxylic acids is 2. The molecule has 1 aliphatic heterocycles. The maximum absolute atomic E-state index is 11.5. The molecule has 1 aliphatic rings. The molecule has 15 heavy (non-hydrogen) atoms. The first kappa shape index (κ1) is 11.8. The molecule has 0 aromatic heterocycles. The van der Waals surface area contributed by atoms with Gasteiger partial charge >= 0.3 is 11.9 Å². The van der Waals surface area contributed by atoms with Gasteiger partial charge in [0.25, 0.3) is 5.79 Å². The van der Waals surface area contributed by atoms with Crippen molar-refractivity contribution in [3.05, 3.63) is 11.6 Å². The van der Waals surface area contributed by atoms with Gasteiger partial charge in [0.2, 0.25) is 0 Å². The second-order valence-corrected chi connectivity index (χ2v) is 5.10. The molecule has 0 aromatic carbocycles. The number of carbonyl (C=O) groups is 2. The first-order chi connectivity index (χ1) is 6.61. The van der Waals surface area contributed by atoms with Gasteiger partial charge in [-0.3, -0.25) is 0 Å². The zero-order valence-electron chi connectivity index (χ0n) is 9.71. The minimum atomic E-state index is -1.16. The molecule has 4 nitrogen and oxygen atoms in total. The Hall–Kier alpha value is -1.32. The Labute approximate surface area is 89.2 Å². The number of cyclic esters (lactones) is 2. The Kier molecular flexibility index (Phi) is 2.63. The van der Waals surface area contributed by atoms with E-state index in [1.807, 2.05) is 20.8 Å². The van der Waals surface area contributed by atoms with E-state index in [9.17, 15) is 9.59 Å². The van der Waals surface area contributed by atoms with Gasteiger partial charge in [-0.1, -0.05) is 26.8 Å². The Morgan fingerprint density at radius 3 is 1.80 bits per heavy atom. The lowest BCUT2D eigenvalue weighted by Crippen LogP contribution is -2.42. The van der Waals surface area contributed by atoms with Crippen molar-refractivity contribution in [1.29, 1.82) is 0 Å². The van der Waals surface area contributed by atoms with Gasteiger partial charge in [0, 0.05) is 13.8 Å². The van der Waals surface area contributed by atoms with E-state index in [-0.39, 0.29) is 11.0 Å². The van der Waals surface area contributed by atoms with Gasteiger partial charge < -0.3 is 9.47 Å². The standard InChI is InChI=1S/C11H16O4/c1-10(2,3)6-7-8(12)14-11(4,5)15-9(7)13/h6H,1-5H3. The minimum Gasteiger partial charge on any atom is -0.419 e. The average molecular weight is 212 g/mol. The summed E-state index contributed by atoms with van der Waals surface area (Å²) in [5.74, 6) is -2.40. The Balaban J connectivity index is 3.00. The number of allylic oxidation sites excluding steroid dienone is 1. The Morgan fingerprint density at radius 1 is 1.07 bits per heavy atom. The van der Waals surface area contributed by atoms with E-state index in [0.717, 1.165) is 0 Å². The van der Waals surface area contributed by atoms with E-state index in [0.29, 0.717) is 0 Å². The third-order valence-corrected chi connectivity index (χ3v) is 1.69. The van der Waals surface area contributed by atoms with E-state index < -0.39 is 17.7 Å². The van der Waals surface area contributed by atoms with Crippen LogP contribution in [0.3, 0.4) is 0 Å². The highest BCUT2D eigenvalue weighted by atomic mass is 16.7. The van der Waals surface area contributed by atoms with Crippen LogP contribution in [0.1, 0.15) is 34.6 Å². The monoisotopic (exact) mass is 212 g/mol. The summed E-state index contributed by atoms with van der Waals surface area (Å²) in [5.41, 5.74) is -0.295. The first-order valence-corrected chi connectivity index (χ1v) is 4.80. The van der Waals surface area contributed by atoms with Crippen molar-refractivity contribution in [2.45, 2.75) is 40.4 Å². The van der Waals surface area contributed by atoms with E-state index in [2.05, 4.69) is 0 Å². The maximum Gasteiger partial charge on any atom is 0.348 e. The zero-order chi connectivity index (χ0) is 11.9. The normalized spacial score (nSPS) is 20.7. The molecule has 0 unspecified atom stereocenters. The Bertz CT molecular complexity index is 309. The van der Waals surface area contributed by atoms with E-state index in [4.69, 9.17) is 9.47 Å². The number of hydrogen-bond acceptors (Lipinski definition) is 4. The molecule has 0 amide bonds. The highest BCUT2D eigenvalue weighted by Gasteiger charge is 2.39. The molecule has 1 fully saturated rings. The molecule has 1 rings (SSSR count). The van der Waals surface area contributed by atoms with Crippen molar-refractivity contribution in [2.75, 3.05) is 0 Å². The molecule has 0 N–H and O–H groups in total. The predicted octanol–water partition coefficient (Wildman–Crippen LogP) is 1.79. The van der Waals surface area contributed by atoms with Crippen molar-refractivity contribution < 1.29 is 19.1 Å². The highest BCUT2D eigenvalue weighted by Crippen LogP contribution is 2.26. The highest BCUT2D eigenvalue weighted by molar-refractivity contribution is 6.15. The summed E-state index contributed by atoms with van der Waals surface area (Å²) in [7, 11) is 0. The fraction of sp³-hybridized carbons (Fsp3) is 0.636. The minimum absolute atomic E-state index is 0.0261. The van der Waals surface area contributed by atoms with Crippen molar-refractivity contribution in [3.8, 4) is 0 Å². The van der Waals surface area contributed by atoms with Crippen LogP contribution in [0.5, 0.6) is 0 Å². The van der Waals surface area contributed by atoms with Crippen LogP contribution >= 0.6 is 0 Å². The average Bonchev–Trinajstić information content (AvgIpc) is 1.93. The first-order valence-electron chi connectivity index (χ1n) is 4.80. The van der Waals surface area contributed by atoms with Crippen LogP contribution in [-0.2, 0) is 19.1 Å². The number of hydrogen-bond donors (Lipinski definition) is 0. The lowest BCUT2D eigenvalue weighted by atomic mass is 9.93. The lowest BCUT2D eigenvalue weighted by Gasteiger charge is -2.30. The summed E-state index contributed by atoms with van der Waals surface area (Å²) in [6.45, 7) is 8.72. The van der Waals surface area contributed by atoms with Crippen LogP contribution in [0.15, 0.2) is 11.6 Å². The van der Waals surface area contributed by atoms with Crippen molar-refractivity contribution in [2.24, 2.45) is 5.41 Å². The largest absolute Gasteiger partial charge is 0.419 e. The molecule has 1 saturated heterocycles. The molecule has 0 aromatic rings. The van der Waals surface area contributed by atoms with Crippen LogP contribution in [0.4, 0.5) is 0 Å². The van der Waals surface area contributed by atoms with Crippen LogP contribution in [-0.4, -0.2) is 17.7 Å². The van der Waals surface area contributed by atoms with Crippen molar-refractivity contribution >= 4 is 11.9 Å². The third-order valence-electron chi connectivity index (χ3n) is 1.69. The molecular formula is C11H16O4. The van der Waals surface area contributed by atoms with Crippen molar-refractivity contribution in [3.63, 3.8) is 0 Å². The lowest BCUT2D eigenvalue weighted by molar-refractivity contribution is -0.222. The fourth-order valence-corrected chi connectivity index (χ4v) is 1.21. The number of ether oxygens (including phenoxy) is 2. The summed E-state index contributed by atoms with van der Waals surface area (Å²) < 4.78 is 9.90. The summed E-state index contributed by atoms with van der Waals surface area (Å²) in [4.78, 5) is 23.0. The zero-order valence-corrected chi connectivity index (χ0v) is 9.71. The summed E-state index contributed by atoms with van der Waals surface area (Å²) in [6, 6.07) is 0. The third kappa shape index (κ3) is 3.08. The van der Waals surface area contributed by atoms with E-state index >= 15 is 0 Å². The van der Waals surface area contributed by atoms with Crippen LogP contribution in [0.25, 0.3) is 0 Å². The van der Waals surface area contributed by atoms with Gasteiger partial charge in [-0.2, -0.15) is 0 Å². The van der Waals surface area contributed by atoms with Crippen LogP contribution in [0, 0.1) is 5.41 Å². The molecular weight excluding hydrogens is 196 g/mol. The van der Waals surface area contributed by atoms with Gasteiger partial charge in [0.1, 0.15) is 5.57 Å². The number of rotatable bonds is 0. The molecule has 84 valence electrons.